The molecule has 1 heterocycles. The molecular formula is C15H17ClFN3O. The Morgan fingerprint density at radius 2 is 2.05 bits per heavy atom. The molecule has 4 nitrogen and oxygen atoms in total. The normalized spacial score (nSPS) is 10.5. The van der Waals surface area contributed by atoms with Crippen molar-refractivity contribution in [3.05, 3.63) is 40.4 Å². The third-order valence-corrected chi connectivity index (χ3v) is 3.17. The second-order valence-corrected chi connectivity index (χ2v) is 5.06. The number of nitrogens with one attached hydrogen (secondary N) is 1. The third kappa shape index (κ3) is 3.82. The largest absolute Gasteiger partial charge is 0.438 e. The van der Waals surface area contributed by atoms with Gasteiger partial charge in [0, 0.05) is 12.6 Å². The van der Waals surface area contributed by atoms with E-state index in [1.165, 1.54) is 12.1 Å². The predicted octanol–water partition coefficient (Wildman–Crippen LogP) is 4.50. The van der Waals surface area contributed by atoms with Gasteiger partial charge in [0.2, 0.25) is 5.88 Å². The van der Waals surface area contributed by atoms with Crippen molar-refractivity contribution in [2.45, 2.75) is 27.2 Å². The number of hydrogen-bond donors (Lipinski definition) is 1. The minimum atomic E-state index is -0.526. The minimum Gasteiger partial charge on any atom is -0.438 e. The standard InChI is InChI=1S/C15H17ClFN3O/c1-4-7-18-14-9(2)15(20-10(3)19-14)21-11-5-6-12(16)13(17)8-11/h5-6,8H,4,7H2,1-3H3,(H,18,19,20). The molecule has 0 bridgehead atoms. The van der Waals surface area contributed by atoms with Crippen molar-refractivity contribution in [3.63, 3.8) is 0 Å². The number of benzene rings is 1. The van der Waals surface area contributed by atoms with Crippen molar-refractivity contribution >= 4 is 17.4 Å². The SMILES string of the molecule is CCCNc1nc(C)nc(Oc2ccc(Cl)c(F)c2)c1C. The lowest BCUT2D eigenvalue weighted by molar-refractivity contribution is 0.451. The smallest absolute Gasteiger partial charge is 0.227 e. The molecule has 0 saturated carbocycles. The summed E-state index contributed by atoms with van der Waals surface area (Å²) < 4.78 is 19.1. The maximum atomic E-state index is 13.5. The fourth-order valence-corrected chi connectivity index (χ4v) is 1.89. The summed E-state index contributed by atoms with van der Waals surface area (Å²) in [5.41, 5.74) is 0.782. The van der Waals surface area contributed by atoms with Crippen molar-refractivity contribution in [2.75, 3.05) is 11.9 Å². The van der Waals surface area contributed by atoms with E-state index in [2.05, 4.69) is 22.2 Å². The highest BCUT2D eigenvalue weighted by molar-refractivity contribution is 6.30. The highest BCUT2D eigenvalue weighted by Crippen LogP contribution is 2.29. The second kappa shape index (κ2) is 6.72. The van der Waals surface area contributed by atoms with Crippen LogP contribution >= 0.6 is 11.6 Å². The van der Waals surface area contributed by atoms with Gasteiger partial charge in [-0.2, -0.15) is 4.98 Å². The quantitative estimate of drug-likeness (QED) is 0.883. The Hall–Kier alpha value is -1.88. The fraction of sp³-hybridized carbons (Fsp3) is 0.333. The maximum Gasteiger partial charge on any atom is 0.227 e. The first-order chi connectivity index (χ1) is 10.0. The van der Waals surface area contributed by atoms with Gasteiger partial charge in [0.15, 0.2) is 0 Å². The Morgan fingerprint density at radius 3 is 2.71 bits per heavy atom. The van der Waals surface area contributed by atoms with Crippen molar-refractivity contribution in [1.82, 2.24) is 9.97 Å². The molecule has 0 atom stereocenters. The van der Waals surface area contributed by atoms with Crippen LogP contribution in [0.25, 0.3) is 0 Å². The van der Waals surface area contributed by atoms with E-state index in [9.17, 15) is 4.39 Å². The summed E-state index contributed by atoms with van der Waals surface area (Å²) >= 11 is 5.66. The molecule has 21 heavy (non-hydrogen) atoms. The zero-order chi connectivity index (χ0) is 15.4. The molecule has 1 N–H and O–H groups in total. The number of ether oxygens (including phenoxy) is 1. The van der Waals surface area contributed by atoms with E-state index < -0.39 is 5.82 Å². The number of rotatable bonds is 5. The molecule has 112 valence electrons. The molecule has 6 heteroatoms. The van der Waals surface area contributed by atoms with Crippen molar-refractivity contribution < 1.29 is 9.13 Å². The number of aryl methyl sites for hydroxylation is 1. The van der Waals surface area contributed by atoms with Crippen molar-refractivity contribution in [2.24, 2.45) is 0 Å². The van der Waals surface area contributed by atoms with Gasteiger partial charge < -0.3 is 10.1 Å². The van der Waals surface area contributed by atoms with Gasteiger partial charge in [0.25, 0.3) is 0 Å². The summed E-state index contributed by atoms with van der Waals surface area (Å²) in [7, 11) is 0. The molecule has 0 fully saturated rings. The van der Waals surface area contributed by atoms with Crippen molar-refractivity contribution in [3.8, 4) is 11.6 Å². The van der Waals surface area contributed by atoms with Gasteiger partial charge in [-0.15, -0.1) is 0 Å². The lowest BCUT2D eigenvalue weighted by atomic mass is 10.3. The summed E-state index contributed by atoms with van der Waals surface area (Å²) in [4.78, 5) is 8.61. The van der Waals surface area contributed by atoms with Crippen LogP contribution in [0.4, 0.5) is 10.2 Å². The van der Waals surface area contributed by atoms with E-state index in [1.54, 1.807) is 13.0 Å². The molecule has 0 saturated heterocycles. The molecule has 1 aromatic heterocycles. The maximum absolute atomic E-state index is 13.5. The van der Waals surface area contributed by atoms with Crippen LogP contribution in [-0.2, 0) is 0 Å². The first-order valence-corrected chi connectivity index (χ1v) is 7.11. The molecule has 0 radical (unpaired) electrons. The van der Waals surface area contributed by atoms with Crippen LogP contribution in [0.5, 0.6) is 11.6 Å². The van der Waals surface area contributed by atoms with Gasteiger partial charge in [0.05, 0.1) is 10.6 Å². The van der Waals surface area contributed by atoms with Gasteiger partial charge >= 0.3 is 0 Å². The van der Waals surface area contributed by atoms with Crippen LogP contribution in [-0.4, -0.2) is 16.5 Å². The molecule has 0 aliphatic carbocycles. The van der Waals surface area contributed by atoms with E-state index in [-0.39, 0.29) is 5.02 Å². The van der Waals surface area contributed by atoms with Gasteiger partial charge in [0.1, 0.15) is 23.2 Å². The summed E-state index contributed by atoms with van der Waals surface area (Å²) in [5.74, 6) is 1.54. The van der Waals surface area contributed by atoms with E-state index in [1.807, 2.05) is 6.92 Å². The van der Waals surface area contributed by atoms with Gasteiger partial charge in [-0.25, -0.2) is 9.37 Å². The average molecular weight is 310 g/mol. The number of anilines is 1. The fourth-order valence-electron chi connectivity index (χ4n) is 1.77. The first-order valence-electron chi connectivity index (χ1n) is 6.73. The predicted molar refractivity (Wildman–Crippen MR) is 81.8 cm³/mol. The Bertz CT molecular complexity index is 649. The Kier molecular flexibility index (Phi) is 4.96. The minimum absolute atomic E-state index is 0.0586. The molecule has 0 aliphatic rings. The highest BCUT2D eigenvalue weighted by Gasteiger charge is 2.12. The lowest BCUT2D eigenvalue weighted by Gasteiger charge is -2.13. The molecule has 2 rings (SSSR count). The Morgan fingerprint density at radius 1 is 1.29 bits per heavy atom. The molecule has 0 unspecified atom stereocenters. The molecule has 0 spiro atoms. The van der Waals surface area contributed by atoms with E-state index >= 15 is 0 Å². The van der Waals surface area contributed by atoms with E-state index in [0.717, 1.165) is 24.3 Å². The number of aromatic nitrogens is 2. The first kappa shape index (κ1) is 15.5. The van der Waals surface area contributed by atoms with E-state index in [4.69, 9.17) is 16.3 Å². The van der Waals surface area contributed by atoms with Gasteiger partial charge in [-0.3, -0.25) is 0 Å². The summed E-state index contributed by atoms with van der Waals surface area (Å²) in [6.07, 6.45) is 0.987. The van der Waals surface area contributed by atoms with E-state index in [0.29, 0.717) is 17.5 Å². The van der Waals surface area contributed by atoms with Crippen LogP contribution in [0.15, 0.2) is 18.2 Å². The number of hydrogen-bond acceptors (Lipinski definition) is 4. The zero-order valence-electron chi connectivity index (χ0n) is 12.2. The van der Waals surface area contributed by atoms with Gasteiger partial charge in [-0.1, -0.05) is 18.5 Å². The van der Waals surface area contributed by atoms with Crippen LogP contribution in [0.1, 0.15) is 24.7 Å². The molecule has 1 aromatic carbocycles. The lowest BCUT2D eigenvalue weighted by Crippen LogP contribution is -2.07. The topological polar surface area (TPSA) is 47.0 Å². The van der Waals surface area contributed by atoms with Crippen LogP contribution in [0.3, 0.4) is 0 Å². The molecular weight excluding hydrogens is 293 g/mol. The summed E-state index contributed by atoms with van der Waals surface area (Å²) in [5, 5.41) is 3.28. The summed E-state index contributed by atoms with van der Waals surface area (Å²) in [6, 6.07) is 4.28. The highest BCUT2D eigenvalue weighted by atomic mass is 35.5. The molecule has 0 amide bonds. The molecule has 2 aromatic rings. The monoisotopic (exact) mass is 309 g/mol. The van der Waals surface area contributed by atoms with Gasteiger partial charge in [-0.05, 0) is 32.4 Å². The van der Waals surface area contributed by atoms with Crippen molar-refractivity contribution in [1.29, 1.82) is 0 Å². The zero-order valence-corrected chi connectivity index (χ0v) is 13.0. The van der Waals surface area contributed by atoms with Crippen LogP contribution in [0, 0.1) is 19.7 Å². The number of halogens is 2. The Balaban J connectivity index is 2.30. The van der Waals surface area contributed by atoms with Crippen LogP contribution in [0.2, 0.25) is 5.02 Å². The molecule has 0 aliphatic heterocycles. The second-order valence-electron chi connectivity index (χ2n) is 4.65. The number of nitrogens with zero attached hydrogens (tertiary/aromatic N) is 2. The summed E-state index contributed by atoms with van der Waals surface area (Å²) in [6.45, 7) is 6.53. The average Bonchev–Trinajstić information content (AvgIpc) is 2.45. The Labute approximate surface area is 128 Å². The third-order valence-electron chi connectivity index (χ3n) is 2.86. The van der Waals surface area contributed by atoms with Crippen LogP contribution < -0.4 is 10.1 Å².